The van der Waals surface area contributed by atoms with E-state index < -0.39 is 0 Å². The van der Waals surface area contributed by atoms with Crippen LogP contribution in [0.4, 0.5) is 28.4 Å². The molecule has 1 atom stereocenters. The van der Waals surface area contributed by atoms with Crippen LogP contribution in [0.1, 0.15) is 0 Å². The van der Waals surface area contributed by atoms with Crippen LogP contribution < -0.4 is 20.2 Å². The summed E-state index contributed by atoms with van der Waals surface area (Å²) in [5.41, 5.74) is 11.7. The van der Waals surface area contributed by atoms with E-state index >= 15 is 0 Å². The molecular formula is C31H24BN2+. The Labute approximate surface area is 201 Å². The summed E-state index contributed by atoms with van der Waals surface area (Å²) in [5.74, 6) is 0. The molecule has 2 aliphatic rings. The van der Waals surface area contributed by atoms with E-state index in [0.29, 0.717) is 4.39 Å². The second-order valence-electron chi connectivity index (χ2n) is 9.30. The number of nitrogens with zero attached hydrogens (tertiary/aromatic N) is 2. The van der Waals surface area contributed by atoms with Crippen molar-refractivity contribution in [1.82, 2.24) is 4.39 Å². The highest BCUT2D eigenvalue weighted by atomic mass is 15.3. The van der Waals surface area contributed by atoms with E-state index in [2.05, 4.69) is 139 Å². The number of hydrogen-bond acceptors (Lipinski definition) is 1. The molecule has 5 aromatic rings. The normalized spacial score (nSPS) is 17.6. The summed E-state index contributed by atoms with van der Waals surface area (Å²) in [7, 11) is 2.38. The molecule has 0 aromatic heterocycles. The van der Waals surface area contributed by atoms with Crippen LogP contribution in [0.15, 0.2) is 127 Å². The molecule has 0 N–H and O–H groups in total. The highest BCUT2D eigenvalue weighted by molar-refractivity contribution is 6.91. The molecule has 7 rings (SSSR count). The predicted molar refractivity (Wildman–Crippen MR) is 145 cm³/mol. The van der Waals surface area contributed by atoms with Gasteiger partial charge in [0.25, 0.3) is 0 Å². The summed E-state index contributed by atoms with van der Waals surface area (Å²) in [4.78, 5) is 2.44. The lowest BCUT2D eigenvalue weighted by atomic mass is 9.41. The minimum Gasteiger partial charge on any atom is -0.321 e. The Morgan fingerprint density at radius 3 is 2.00 bits per heavy atom. The van der Waals surface area contributed by atoms with Gasteiger partial charge in [-0.15, -0.1) is 0 Å². The van der Waals surface area contributed by atoms with Gasteiger partial charge in [0.05, 0.1) is 7.05 Å². The SMILES string of the molecule is C[N+]1(c2ccccc2)B2c3ccccc3N(c3ccccc3)c3cccc(c32)-c2ccccc21. The smallest absolute Gasteiger partial charge is 0.321 e. The Kier molecular flexibility index (Phi) is 4.11. The minimum absolute atomic E-state index is 0.152. The van der Waals surface area contributed by atoms with E-state index in [1.807, 2.05) is 0 Å². The lowest BCUT2D eigenvalue weighted by Crippen LogP contribution is -2.70. The van der Waals surface area contributed by atoms with Crippen molar-refractivity contribution in [3.8, 4) is 11.1 Å². The third kappa shape index (κ3) is 2.50. The van der Waals surface area contributed by atoms with Crippen LogP contribution >= 0.6 is 0 Å². The predicted octanol–water partition coefficient (Wildman–Crippen LogP) is 6.52. The molecule has 0 fully saturated rings. The van der Waals surface area contributed by atoms with Crippen LogP contribution in [0, 0.1) is 0 Å². The van der Waals surface area contributed by atoms with Crippen LogP contribution in [0.5, 0.6) is 0 Å². The number of fused-ring (bicyclic) bond motifs is 4. The third-order valence-corrected chi connectivity index (χ3v) is 7.59. The van der Waals surface area contributed by atoms with E-state index in [0.717, 1.165) is 0 Å². The number of quaternary nitrogens is 1. The van der Waals surface area contributed by atoms with Gasteiger partial charge in [-0.05, 0) is 54.1 Å². The van der Waals surface area contributed by atoms with E-state index in [1.54, 1.807) is 0 Å². The standard InChI is InChI=1S/C31H24BN2/c1-34(24-15-6-3-7-16-24)30-22-11-8-17-25(30)26-18-12-21-29-31(26)32(34)27-19-9-10-20-28(27)33(29)23-13-4-2-5-14-23/h2-22H,1H3/q+1. The maximum atomic E-state index is 2.44. The highest BCUT2D eigenvalue weighted by Gasteiger charge is 2.56. The Balaban J connectivity index is 1.63. The maximum Gasteiger partial charge on any atom is 0.491 e. The van der Waals surface area contributed by atoms with Gasteiger partial charge >= 0.3 is 6.85 Å². The lowest BCUT2D eigenvalue weighted by Gasteiger charge is -2.48. The first-order valence-corrected chi connectivity index (χ1v) is 11.9. The summed E-state index contributed by atoms with van der Waals surface area (Å²) in [6.45, 7) is 0.152. The highest BCUT2D eigenvalue weighted by Crippen LogP contribution is 2.48. The monoisotopic (exact) mass is 435 g/mol. The Morgan fingerprint density at radius 2 is 1.18 bits per heavy atom. The fourth-order valence-corrected chi connectivity index (χ4v) is 6.14. The van der Waals surface area contributed by atoms with Gasteiger partial charge in [-0.1, -0.05) is 78.9 Å². The van der Waals surface area contributed by atoms with Gasteiger partial charge in [0.2, 0.25) is 0 Å². The molecule has 34 heavy (non-hydrogen) atoms. The van der Waals surface area contributed by atoms with E-state index in [9.17, 15) is 0 Å². The molecule has 2 aliphatic heterocycles. The quantitative estimate of drug-likeness (QED) is 0.285. The number of hydrogen-bond donors (Lipinski definition) is 0. The van der Waals surface area contributed by atoms with Gasteiger partial charge in [0.1, 0.15) is 11.4 Å². The van der Waals surface area contributed by atoms with Gasteiger partial charge in [-0.3, -0.25) is 0 Å². The Bertz CT molecular complexity index is 1530. The summed E-state index contributed by atoms with van der Waals surface area (Å²) in [6, 6.07) is 46.4. The van der Waals surface area contributed by atoms with Crippen LogP contribution in [-0.4, -0.2) is 13.9 Å². The fourth-order valence-electron chi connectivity index (χ4n) is 6.14. The lowest BCUT2D eigenvalue weighted by molar-refractivity contribution is 0.700. The van der Waals surface area contributed by atoms with Gasteiger partial charge in [0, 0.05) is 33.6 Å². The van der Waals surface area contributed by atoms with Crippen molar-refractivity contribution >= 4 is 46.2 Å². The Morgan fingerprint density at radius 1 is 0.559 bits per heavy atom. The first-order valence-electron chi connectivity index (χ1n) is 11.9. The summed E-state index contributed by atoms with van der Waals surface area (Å²) in [5, 5.41) is 0. The minimum atomic E-state index is 0.152. The van der Waals surface area contributed by atoms with E-state index in [1.165, 1.54) is 50.5 Å². The van der Waals surface area contributed by atoms with Crippen LogP contribution in [0.25, 0.3) is 11.1 Å². The van der Waals surface area contributed by atoms with Gasteiger partial charge in [0.15, 0.2) is 0 Å². The van der Waals surface area contributed by atoms with Crippen molar-refractivity contribution in [2.75, 3.05) is 11.9 Å². The number of anilines is 3. The van der Waals surface area contributed by atoms with Gasteiger partial charge < -0.3 is 9.29 Å². The number of rotatable bonds is 2. The largest absolute Gasteiger partial charge is 0.491 e. The third-order valence-electron chi connectivity index (χ3n) is 7.59. The molecule has 0 spiro atoms. The van der Waals surface area contributed by atoms with Crippen molar-refractivity contribution < 1.29 is 0 Å². The zero-order chi connectivity index (χ0) is 22.7. The van der Waals surface area contributed by atoms with Crippen molar-refractivity contribution in [3.63, 3.8) is 0 Å². The molecule has 1 unspecified atom stereocenters. The second-order valence-corrected chi connectivity index (χ2v) is 9.30. The molecule has 0 radical (unpaired) electrons. The molecule has 5 aromatic carbocycles. The van der Waals surface area contributed by atoms with Crippen LogP contribution in [0.3, 0.4) is 0 Å². The molecule has 0 bridgehead atoms. The molecule has 0 saturated carbocycles. The molecule has 3 heteroatoms. The number of para-hydroxylation sites is 4. The molecule has 0 amide bonds. The number of benzene rings is 5. The first-order chi connectivity index (χ1) is 16.8. The second kappa shape index (κ2) is 7.21. The molecule has 160 valence electrons. The summed E-state index contributed by atoms with van der Waals surface area (Å²) in [6.07, 6.45) is 0. The summed E-state index contributed by atoms with van der Waals surface area (Å²) >= 11 is 0. The topological polar surface area (TPSA) is 3.24 Å². The van der Waals surface area contributed by atoms with Crippen molar-refractivity contribution in [3.05, 3.63) is 127 Å². The zero-order valence-corrected chi connectivity index (χ0v) is 19.1. The fraction of sp³-hybridized carbons (Fsp3) is 0.0323. The average Bonchev–Trinajstić information content (AvgIpc) is 2.91. The maximum absolute atomic E-state index is 2.44. The van der Waals surface area contributed by atoms with E-state index in [-0.39, 0.29) is 6.85 Å². The molecule has 0 aliphatic carbocycles. The average molecular weight is 435 g/mol. The van der Waals surface area contributed by atoms with E-state index in [4.69, 9.17) is 0 Å². The van der Waals surface area contributed by atoms with Gasteiger partial charge in [-0.25, -0.2) is 0 Å². The zero-order valence-electron chi connectivity index (χ0n) is 19.1. The summed E-state index contributed by atoms with van der Waals surface area (Å²) < 4.78 is 0.709. The van der Waals surface area contributed by atoms with Crippen LogP contribution in [0.2, 0.25) is 0 Å². The van der Waals surface area contributed by atoms with Crippen molar-refractivity contribution in [2.45, 2.75) is 0 Å². The first kappa shape index (κ1) is 19.4. The Hall–Kier alpha value is -4.08. The molecule has 2 heterocycles. The molecular weight excluding hydrogens is 411 g/mol. The van der Waals surface area contributed by atoms with Crippen LogP contribution in [-0.2, 0) is 0 Å². The van der Waals surface area contributed by atoms with Gasteiger partial charge in [-0.2, -0.15) is 0 Å². The molecule has 2 nitrogen and oxygen atoms in total. The van der Waals surface area contributed by atoms with Crippen molar-refractivity contribution in [1.29, 1.82) is 0 Å². The molecule has 0 saturated heterocycles. The van der Waals surface area contributed by atoms with Crippen molar-refractivity contribution in [2.24, 2.45) is 0 Å².